The Kier molecular flexibility index (Phi) is 5.72. The number of ether oxygens (including phenoxy) is 1. The summed E-state index contributed by atoms with van der Waals surface area (Å²) in [5.74, 6) is -0.165. The molecule has 2 aliphatic heterocycles. The van der Waals surface area contributed by atoms with E-state index in [1.165, 1.54) is 24.3 Å². The summed E-state index contributed by atoms with van der Waals surface area (Å²) in [7, 11) is 0. The summed E-state index contributed by atoms with van der Waals surface area (Å²) in [4.78, 5) is 27.1. The van der Waals surface area contributed by atoms with Gasteiger partial charge in [-0.3, -0.25) is 9.59 Å². The number of carbonyl (C=O) groups is 2. The fourth-order valence-electron chi connectivity index (χ4n) is 4.35. The first kappa shape index (κ1) is 20.3. The zero-order chi connectivity index (χ0) is 21.1. The van der Waals surface area contributed by atoms with Gasteiger partial charge >= 0.3 is 0 Å². The van der Waals surface area contributed by atoms with Crippen molar-refractivity contribution in [2.45, 2.75) is 31.4 Å². The minimum atomic E-state index is -0.672. The Labute approximate surface area is 174 Å². The third-order valence-corrected chi connectivity index (χ3v) is 6.16. The van der Waals surface area contributed by atoms with Crippen LogP contribution in [0.1, 0.15) is 30.9 Å². The molecule has 2 aromatic carbocycles. The molecule has 2 atom stereocenters. The summed E-state index contributed by atoms with van der Waals surface area (Å²) < 4.78 is 18.4. The van der Waals surface area contributed by atoms with Gasteiger partial charge in [0.15, 0.2) is 6.61 Å². The second-order valence-corrected chi connectivity index (χ2v) is 8.04. The van der Waals surface area contributed by atoms with Crippen LogP contribution in [0.3, 0.4) is 0 Å². The van der Waals surface area contributed by atoms with Gasteiger partial charge in [-0.2, -0.15) is 0 Å². The van der Waals surface area contributed by atoms with Crippen molar-refractivity contribution in [3.8, 4) is 5.75 Å². The topological polar surface area (TPSA) is 78.9 Å². The van der Waals surface area contributed by atoms with Crippen molar-refractivity contribution in [2.24, 2.45) is 5.41 Å². The zero-order valence-corrected chi connectivity index (χ0v) is 16.6. The molecule has 0 aliphatic carbocycles. The standard InChI is InChI=1S/C23H25FN2O4/c24-17-6-8-18(9-7-17)30-15-20(28)26-12-10-23(11-13-26)14-19(27)21(25-22(23)29)16-4-2-1-3-5-16/h1-9,19,21,27H,10-15H2,(H,25,29)/t19-,21+/m1/s1. The SMILES string of the molecule is O=C(COc1ccc(F)cc1)N1CCC2(CC1)C[C@@H](O)[C@H](c1ccccc1)NC2=O. The van der Waals surface area contributed by atoms with Crippen molar-refractivity contribution in [2.75, 3.05) is 19.7 Å². The number of nitrogens with zero attached hydrogens (tertiary/aromatic N) is 1. The number of benzene rings is 2. The van der Waals surface area contributed by atoms with Gasteiger partial charge in [-0.1, -0.05) is 30.3 Å². The Morgan fingerprint density at radius 2 is 1.80 bits per heavy atom. The molecule has 2 aromatic rings. The molecule has 0 aromatic heterocycles. The van der Waals surface area contributed by atoms with Crippen molar-refractivity contribution in [3.05, 3.63) is 66.0 Å². The quantitative estimate of drug-likeness (QED) is 0.809. The number of rotatable bonds is 4. The lowest BCUT2D eigenvalue weighted by atomic mass is 9.69. The third kappa shape index (κ3) is 4.16. The first-order valence-electron chi connectivity index (χ1n) is 10.2. The molecule has 2 fully saturated rings. The highest BCUT2D eigenvalue weighted by molar-refractivity contribution is 5.85. The fourth-order valence-corrected chi connectivity index (χ4v) is 4.35. The maximum atomic E-state index is 12.9. The number of likely N-dealkylation sites (tertiary alicyclic amines) is 1. The summed E-state index contributed by atoms with van der Waals surface area (Å²) in [6.45, 7) is 0.729. The maximum absolute atomic E-state index is 12.9. The highest BCUT2D eigenvalue weighted by Crippen LogP contribution is 2.42. The fraction of sp³-hybridized carbons (Fsp3) is 0.391. The van der Waals surface area contributed by atoms with E-state index >= 15 is 0 Å². The average Bonchev–Trinajstić information content (AvgIpc) is 2.77. The molecule has 0 radical (unpaired) electrons. The van der Waals surface area contributed by atoms with Gasteiger partial charge in [0.05, 0.1) is 17.6 Å². The van der Waals surface area contributed by atoms with Crippen LogP contribution < -0.4 is 10.1 Å². The maximum Gasteiger partial charge on any atom is 0.260 e. The van der Waals surface area contributed by atoms with Crippen LogP contribution in [0.4, 0.5) is 4.39 Å². The average molecular weight is 412 g/mol. The molecule has 4 rings (SSSR count). The zero-order valence-electron chi connectivity index (χ0n) is 16.6. The lowest BCUT2D eigenvalue weighted by Crippen LogP contribution is -2.57. The number of nitrogens with one attached hydrogen (secondary N) is 1. The Morgan fingerprint density at radius 1 is 1.13 bits per heavy atom. The minimum absolute atomic E-state index is 0.0590. The molecule has 2 amide bonds. The van der Waals surface area contributed by atoms with Crippen molar-refractivity contribution in [1.82, 2.24) is 10.2 Å². The van der Waals surface area contributed by atoms with Crippen LogP contribution in [-0.2, 0) is 9.59 Å². The van der Waals surface area contributed by atoms with E-state index < -0.39 is 17.6 Å². The first-order valence-corrected chi connectivity index (χ1v) is 10.2. The summed E-state index contributed by atoms with van der Waals surface area (Å²) in [6, 6.07) is 14.6. The van der Waals surface area contributed by atoms with Gasteiger partial charge < -0.3 is 20.1 Å². The van der Waals surface area contributed by atoms with Gasteiger partial charge in [0.25, 0.3) is 5.91 Å². The summed E-state index contributed by atoms with van der Waals surface area (Å²) in [6.07, 6.45) is 0.709. The van der Waals surface area contributed by atoms with Crippen LogP contribution in [0.15, 0.2) is 54.6 Å². The Bertz CT molecular complexity index is 895. The molecule has 6 nitrogen and oxygen atoms in total. The summed E-state index contributed by atoms with van der Waals surface area (Å²) in [5, 5.41) is 13.7. The Balaban J connectivity index is 1.32. The third-order valence-electron chi connectivity index (χ3n) is 6.16. The van der Waals surface area contributed by atoms with Gasteiger partial charge in [0.2, 0.25) is 5.91 Å². The number of hydrogen-bond acceptors (Lipinski definition) is 4. The molecule has 0 unspecified atom stereocenters. The van der Waals surface area contributed by atoms with Crippen LogP contribution in [-0.4, -0.2) is 47.6 Å². The van der Waals surface area contributed by atoms with E-state index in [1.807, 2.05) is 30.3 Å². The predicted octanol–water partition coefficient (Wildman–Crippen LogP) is 2.44. The van der Waals surface area contributed by atoms with Gasteiger partial charge in [-0.05, 0) is 49.1 Å². The van der Waals surface area contributed by atoms with Crippen molar-refractivity contribution in [1.29, 1.82) is 0 Å². The number of aliphatic hydroxyl groups excluding tert-OH is 1. The Morgan fingerprint density at radius 3 is 2.47 bits per heavy atom. The molecule has 30 heavy (non-hydrogen) atoms. The van der Waals surface area contributed by atoms with E-state index in [0.717, 1.165) is 5.56 Å². The summed E-state index contributed by atoms with van der Waals surface area (Å²) in [5.41, 5.74) is 0.234. The van der Waals surface area contributed by atoms with Crippen LogP contribution in [0.5, 0.6) is 5.75 Å². The number of amides is 2. The van der Waals surface area contributed by atoms with Gasteiger partial charge in [-0.25, -0.2) is 4.39 Å². The lowest BCUT2D eigenvalue weighted by Gasteiger charge is -2.46. The monoisotopic (exact) mass is 412 g/mol. The normalized spacial score (nSPS) is 23.1. The van der Waals surface area contributed by atoms with E-state index in [-0.39, 0.29) is 24.2 Å². The van der Waals surface area contributed by atoms with Crippen molar-refractivity contribution < 1.29 is 23.8 Å². The highest BCUT2D eigenvalue weighted by Gasteiger charge is 2.49. The lowest BCUT2D eigenvalue weighted by molar-refractivity contribution is -0.148. The molecule has 2 heterocycles. The predicted molar refractivity (Wildman–Crippen MR) is 108 cm³/mol. The van der Waals surface area contributed by atoms with Gasteiger partial charge in [0, 0.05) is 13.1 Å². The number of aliphatic hydroxyl groups is 1. The van der Waals surface area contributed by atoms with Crippen LogP contribution in [0.2, 0.25) is 0 Å². The number of piperidine rings is 2. The van der Waals surface area contributed by atoms with E-state index in [1.54, 1.807) is 4.90 Å². The van der Waals surface area contributed by atoms with Crippen LogP contribution in [0, 0.1) is 11.2 Å². The molecule has 0 bridgehead atoms. The minimum Gasteiger partial charge on any atom is -0.484 e. The van der Waals surface area contributed by atoms with Crippen LogP contribution in [0.25, 0.3) is 0 Å². The summed E-state index contributed by atoms with van der Waals surface area (Å²) >= 11 is 0. The van der Waals surface area contributed by atoms with Gasteiger partial charge in [-0.15, -0.1) is 0 Å². The molecular weight excluding hydrogens is 387 g/mol. The molecule has 2 saturated heterocycles. The van der Waals surface area contributed by atoms with E-state index in [2.05, 4.69) is 5.32 Å². The molecule has 1 spiro atoms. The van der Waals surface area contributed by atoms with E-state index in [0.29, 0.717) is 38.1 Å². The van der Waals surface area contributed by atoms with Crippen molar-refractivity contribution >= 4 is 11.8 Å². The molecule has 158 valence electrons. The highest BCUT2D eigenvalue weighted by atomic mass is 19.1. The molecular formula is C23H25FN2O4. The van der Waals surface area contributed by atoms with Crippen molar-refractivity contribution in [3.63, 3.8) is 0 Å². The number of carbonyl (C=O) groups excluding carboxylic acids is 2. The van der Waals surface area contributed by atoms with Gasteiger partial charge in [0.1, 0.15) is 11.6 Å². The molecule has 2 N–H and O–H groups in total. The largest absolute Gasteiger partial charge is 0.484 e. The first-order chi connectivity index (χ1) is 14.5. The second-order valence-electron chi connectivity index (χ2n) is 8.04. The number of halogens is 1. The Hall–Kier alpha value is -2.93. The molecule has 2 aliphatic rings. The van der Waals surface area contributed by atoms with Crippen LogP contribution >= 0.6 is 0 Å². The van der Waals surface area contributed by atoms with E-state index in [9.17, 15) is 19.1 Å². The molecule has 7 heteroatoms. The smallest absolute Gasteiger partial charge is 0.260 e. The molecule has 0 saturated carbocycles. The number of hydrogen-bond donors (Lipinski definition) is 2. The second kappa shape index (κ2) is 8.44. The van der Waals surface area contributed by atoms with E-state index in [4.69, 9.17) is 4.74 Å².